The van der Waals surface area contributed by atoms with Crippen LogP contribution in [0.15, 0.2) is 12.4 Å². The largest absolute Gasteiger partial charge is 0.396 e. The van der Waals surface area contributed by atoms with Gasteiger partial charge < -0.3 is 5.11 Å². The first kappa shape index (κ1) is 14.1. The summed E-state index contributed by atoms with van der Waals surface area (Å²) in [6.45, 7) is -1.10. The highest BCUT2D eigenvalue weighted by atomic mass is 19.3. The van der Waals surface area contributed by atoms with Crippen LogP contribution in [0.3, 0.4) is 0 Å². The molecular formula is C11H19F2N3O. The highest BCUT2D eigenvalue weighted by molar-refractivity contribution is 4.92. The fourth-order valence-corrected chi connectivity index (χ4v) is 1.63. The standard InChI is InChI=1S/C11H19F2N3O/c1-15(6-3-2-4-8-17)9-10-14-5-7-16(10)11(12)13/h5,7,11,17H,2-4,6,8-9H2,1H3. The van der Waals surface area contributed by atoms with Gasteiger partial charge in [-0.2, -0.15) is 8.78 Å². The van der Waals surface area contributed by atoms with Crippen molar-refractivity contribution in [2.24, 2.45) is 0 Å². The molecule has 0 saturated carbocycles. The van der Waals surface area contributed by atoms with E-state index in [1.165, 1.54) is 12.4 Å². The van der Waals surface area contributed by atoms with E-state index >= 15 is 0 Å². The summed E-state index contributed by atoms with van der Waals surface area (Å²) in [5.74, 6) is 0.379. The quantitative estimate of drug-likeness (QED) is 0.713. The van der Waals surface area contributed by atoms with Crippen LogP contribution in [0.1, 0.15) is 31.6 Å². The van der Waals surface area contributed by atoms with Crippen molar-refractivity contribution in [1.29, 1.82) is 0 Å². The van der Waals surface area contributed by atoms with Crippen molar-refractivity contribution in [1.82, 2.24) is 14.5 Å². The lowest BCUT2D eigenvalue weighted by molar-refractivity contribution is 0.0645. The van der Waals surface area contributed by atoms with Crippen molar-refractivity contribution < 1.29 is 13.9 Å². The lowest BCUT2D eigenvalue weighted by Crippen LogP contribution is -2.22. The maximum atomic E-state index is 12.5. The summed E-state index contributed by atoms with van der Waals surface area (Å²) < 4.78 is 26.0. The van der Waals surface area contributed by atoms with Gasteiger partial charge in [0.2, 0.25) is 0 Å². The summed E-state index contributed by atoms with van der Waals surface area (Å²) in [6.07, 6.45) is 5.37. The van der Waals surface area contributed by atoms with E-state index < -0.39 is 6.55 Å². The van der Waals surface area contributed by atoms with Gasteiger partial charge in [-0.25, -0.2) is 4.98 Å². The Labute approximate surface area is 99.9 Å². The number of nitrogens with zero attached hydrogens (tertiary/aromatic N) is 3. The van der Waals surface area contributed by atoms with E-state index in [0.717, 1.165) is 30.4 Å². The Balaban J connectivity index is 2.34. The SMILES string of the molecule is CN(CCCCCO)Cc1nccn1C(F)F. The molecule has 6 heteroatoms. The molecule has 0 radical (unpaired) electrons. The molecule has 1 N–H and O–H groups in total. The van der Waals surface area contributed by atoms with Crippen LogP contribution in [0.2, 0.25) is 0 Å². The van der Waals surface area contributed by atoms with Crippen LogP contribution < -0.4 is 0 Å². The van der Waals surface area contributed by atoms with Gasteiger partial charge in [-0.1, -0.05) is 0 Å². The zero-order chi connectivity index (χ0) is 12.7. The average Bonchev–Trinajstić information content (AvgIpc) is 2.72. The van der Waals surface area contributed by atoms with Gasteiger partial charge in [0.1, 0.15) is 5.82 Å². The predicted octanol–water partition coefficient (Wildman–Crippen LogP) is 1.87. The van der Waals surface area contributed by atoms with Gasteiger partial charge in [0.15, 0.2) is 0 Å². The molecule has 98 valence electrons. The van der Waals surface area contributed by atoms with Crippen LogP contribution >= 0.6 is 0 Å². The van der Waals surface area contributed by atoms with E-state index in [0.29, 0.717) is 12.4 Å². The number of aromatic nitrogens is 2. The summed E-state index contributed by atoms with van der Waals surface area (Å²) in [4.78, 5) is 5.88. The van der Waals surface area contributed by atoms with E-state index in [-0.39, 0.29) is 6.61 Å². The summed E-state index contributed by atoms with van der Waals surface area (Å²) in [7, 11) is 1.88. The van der Waals surface area contributed by atoms with Gasteiger partial charge >= 0.3 is 6.55 Å². The maximum Gasteiger partial charge on any atom is 0.319 e. The molecule has 0 aliphatic rings. The number of aliphatic hydroxyl groups is 1. The molecule has 0 atom stereocenters. The molecule has 0 aromatic carbocycles. The molecule has 0 saturated heterocycles. The van der Waals surface area contributed by atoms with Crippen LogP contribution in [0.4, 0.5) is 8.78 Å². The summed E-state index contributed by atoms with van der Waals surface area (Å²) in [5.41, 5.74) is 0. The molecule has 0 amide bonds. The number of unbranched alkanes of at least 4 members (excludes halogenated alkanes) is 2. The maximum absolute atomic E-state index is 12.5. The molecule has 0 aliphatic heterocycles. The molecule has 0 spiro atoms. The minimum absolute atomic E-state index is 0.208. The van der Waals surface area contributed by atoms with Crippen molar-refractivity contribution in [3.63, 3.8) is 0 Å². The third-order valence-electron chi connectivity index (χ3n) is 2.57. The minimum Gasteiger partial charge on any atom is -0.396 e. The van der Waals surface area contributed by atoms with E-state index in [9.17, 15) is 8.78 Å². The summed E-state index contributed by atoms with van der Waals surface area (Å²) in [6, 6.07) is 0. The first-order valence-corrected chi connectivity index (χ1v) is 5.74. The van der Waals surface area contributed by atoms with Crippen LogP contribution in [-0.4, -0.2) is 39.8 Å². The number of imidazole rings is 1. The Hall–Kier alpha value is -1.01. The lowest BCUT2D eigenvalue weighted by Gasteiger charge is -2.16. The second-order valence-corrected chi connectivity index (χ2v) is 4.05. The van der Waals surface area contributed by atoms with Crippen molar-refractivity contribution in [2.45, 2.75) is 32.4 Å². The van der Waals surface area contributed by atoms with E-state index in [2.05, 4.69) is 4.98 Å². The van der Waals surface area contributed by atoms with Gasteiger partial charge in [-0.3, -0.25) is 9.47 Å². The Morgan fingerprint density at radius 2 is 2.18 bits per heavy atom. The first-order valence-electron chi connectivity index (χ1n) is 5.74. The Bertz CT molecular complexity index is 317. The van der Waals surface area contributed by atoms with Gasteiger partial charge in [0.05, 0.1) is 6.54 Å². The number of alkyl halides is 2. The molecule has 0 unspecified atom stereocenters. The second kappa shape index (κ2) is 7.34. The topological polar surface area (TPSA) is 41.3 Å². The second-order valence-electron chi connectivity index (χ2n) is 4.05. The Kier molecular flexibility index (Phi) is 6.07. The van der Waals surface area contributed by atoms with Crippen LogP contribution in [0, 0.1) is 0 Å². The zero-order valence-corrected chi connectivity index (χ0v) is 10.0. The lowest BCUT2D eigenvalue weighted by atomic mass is 10.2. The predicted molar refractivity (Wildman–Crippen MR) is 60.8 cm³/mol. The number of rotatable bonds is 8. The fraction of sp³-hybridized carbons (Fsp3) is 0.727. The van der Waals surface area contributed by atoms with Gasteiger partial charge in [-0.15, -0.1) is 0 Å². The van der Waals surface area contributed by atoms with Crippen LogP contribution in [0.5, 0.6) is 0 Å². The van der Waals surface area contributed by atoms with E-state index in [1.54, 1.807) is 0 Å². The molecule has 1 rings (SSSR count). The number of aliphatic hydroxyl groups excluding tert-OH is 1. The third kappa shape index (κ3) is 4.79. The molecule has 1 heterocycles. The molecule has 1 aromatic heterocycles. The van der Waals surface area contributed by atoms with Crippen molar-refractivity contribution in [3.8, 4) is 0 Å². The number of halogens is 2. The van der Waals surface area contributed by atoms with Gasteiger partial charge in [0.25, 0.3) is 0 Å². The monoisotopic (exact) mass is 247 g/mol. The van der Waals surface area contributed by atoms with E-state index in [1.807, 2.05) is 11.9 Å². The zero-order valence-electron chi connectivity index (χ0n) is 10.0. The van der Waals surface area contributed by atoms with Crippen molar-refractivity contribution >= 4 is 0 Å². The molecule has 17 heavy (non-hydrogen) atoms. The molecule has 1 aromatic rings. The highest BCUT2D eigenvalue weighted by Gasteiger charge is 2.12. The summed E-state index contributed by atoms with van der Waals surface area (Å²) in [5, 5.41) is 8.63. The van der Waals surface area contributed by atoms with Gasteiger partial charge in [0, 0.05) is 19.0 Å². The number of hydrogen-bond donors (Lipinski definition) is 1. The van der Waals surface area contributed by atoms with Crippen molar-refractivity contribution in [2.75, 3.05) is 20.2 Å². The normalized spacial score (nSPS) is 11.6. The number of hydrogen-bond acceptors (Lipinski definition) is 3. The molecular weight excluding hydrogens is 228 g/mol. The molecule has 4 nitrogen and oxygen atoms in total. The average molecular weight is 247 g/mol. The highest BCUT2D eigenvalue weighted by Crippen LogP contribution is 2.13. The third-order valence-corrected chi connectivity index (χ3v) is 2.57. The van der Waals surface area contributed by atoms with E-state index in [4.69, 9.17) is 5.11 Å². The smallest absolute Gasteiger partial charge is 0.319 e. The summed E-state index contributed by atoms with van der Waals surface area (Å²) >= 11 is 0. The molecule has 0 fully saturated rings. The molecule has 0 bridgehead atoms. The van der Waals surface area contributed by atoms with Crippen molar-refractivity contribution in [3.05, 3.63) is 18.2 Å². The van der Waals surface area contributed by atoms with Crippen LogP contribution in [-0.2, 0) is 6.54 Å². The van der Waals surface area contributed by atoms with Crippen LogP contribution in [0.25, 0.3) is 0 Å². The first-order chi connectivity index (χ1) is 8.15. The molecule has 0 aliphatic carbocycles. The Morgan fingerprint density at radius 3 is 2.82 bits per heavy atom. The Morgan fingerprint density at radius 1 is 1.41 bits per heavy atom. The van der Waals surface area contributed by atoms with Gasteiger partial charge in [-0.05, 0) is 32.9 Å². The minimum atomic E-state index is -2.53. The fourth-order valence-electron chi connectivity index (χ4n) is 1.63.